The number of nitrogens with one attached hydrogen (secondary N) is 1. The molecule has 17 heavy (non-hydrogen) atoms. The topological polar surface area (TPSA) is 28.4 Å². The Labute approximate surface area is 108 Å². The second kappa shape index (κ2) is 6.47. The second-order valence-electron chi connectivity index (χ2n) is 4.75. The highest BCUT2D eigenvalue weighted by Gasteiger charge is 2.21. The lowest BCUT2D eigenvalue weighted by Gasteiger charge is -2.15. The number of thioether (sulfide) groups is 1. The first-order valence-corrected chi connectivity index (χ1v) is 7.65. The van der Waals surface area contributed by atoms with E-state index < -0.39 is 0 Å². The number of hydrogen-bond acceptors (Lipinski definition) is 4. The Morgan fingerprint density at radius 1 is 1.53 bits per heavy atom. The van der Waals surface area contributed by atoms with Crippen molar-refractivity contribution in [3.63, 3.8) is 0 Å². The molecule has 0 amide bonds. The first-order chi connectivity index (χ1) is 8.29. The molecule has 1 aliphatic carbocycles. The Hall–Kier alpha value is -0.450. The van der Waals surface area contributed by atoms with E-state index in [1.165, 1.54) is 24.2 Å². The van der Waals surface area contributed by atoms with E-state index in [9.17, 15) is 0 Å². The Bertz CT molecular complexity index is 336. The minimum absolute atomic E-state index is 0.756. The van der Waals surface area contributed by atoms with Crippen LogP contribution in [-0.4, -0.2) is 36.5 Å². The second-order valence-corrected chi connectivity index (χ2v) is 5.74. The van der Waals surface area contributed by atoms with Crippen LogP contribution >= 0.6 is 11.8 Å². The fraction of sp³-hybridized carbons (Fsp3) is 0.692. The molecule has 2 rings (SSSR count). The largest absolute Gasteiger partial charge is 0.468 e. The van der Waals surface area contributed by atoms with E-state index in [0.29, 0.717) is 0 Å². The van der Waals surface area contributed by atoms with E-state index >= 15 is 0 Å². The van der Waals surface area contributed by atoms with Gasteiger partial charge in [0.25, 0.3) is 0 Å². The van der Waals surface area contributed by atoms with Crippen molar-refractivity contribution in [1.29, 1.82) is 0 Å². The summed E-state index contributed by atoms with van der Waals surface area (Å²) in [7, 11) is 2.15. The fourth-order valence-electron chi connectivity index (χ4n) is 1.78. The highest BCUT2D eigenvalue weighted by molar-refractivity contribution is 7.98. The van der Waals surface area contributed by atoms with Crippen molar-refractivity contribution < 1.29 is 4.42 Å². The monoisotopic (exact) mass is 254 g/mol. The maximum Gasteiger partial charge on any atom is 0.122 e. The molecule has 4 heteroatoms. The van der Waals surface area contributed by atoms with E-state index in [1.807, 2.05) is 18.0 Å². The predicted octanol–water partition coefficient (Wildman–Crippen LogP) is 2.33. The molecule has 3 nitrogen and oxygen atoms in total. The van der Waals surface area contributed by atoms with Crippen LogP contribution in [0.3, 0.4) is 0 Å². The van der Waals surface area contributed by atoms with Gasteiger partial charge < -0.3 is 9.73 Å². The maximum atomic E-state index is 5.58. The molecule has 1 aromatic heterocycles. The molecule has 1 saturated carbocycles. The van der Waals surface area contributed by atoms with Crippen LogP contribution in [0, 0.1) is 0 Å². The summed E-state index contributed by atoms with van der Waals surface area (Å²) >= 11 is 1.88. The van der Waals surface area contributed by atoms with Crippen LogP contribution in [0.1, 0.15) is 24.2 Å². The van der Waals surface area contributed by atoms with Crippen LogP contribution in [-0.2, 0) is 13.1 Å². The van der Waals surface area contributed by atoms with Crippen molar-refractivity contribution in [3.8, 4) is 0 Å². The lowest BCUT2D eigenvalue weighted by molar-refractivity contribution is 0.309. The molecule has 0 atom stereocenters. The van der Waals surface area contributed by atoms with Gasteiger partial charge in [-0.25, -0.2) is 0 Å². The van der Waals surface area contributed by atoms with E-state index in [2.05, 4.69) is 29.6 Å². The molecule has 96 valence electrons. The van der Waals surface area contributed by atoms with Gasteiger partial charge in [0.2, 0.25) is 0 Å². The molecule has 1 fully saturated rings. The molecule has 0 spiro atoms. The minimum Gasteiger partial charge on any atom is -0.468 e. The van der Waals surface area contributed by atoms with E-state index in [1.54, 1.807) is 0 Å². The average Bonchev–Trinajstić information content (AvgIpc) is 3.05. The lowest BCUT2D eigenvalue weighted by atomic mass is 10.2. The summed E-state index contributed by atoms with van der Waals surface area (Å²) in [4.78, 5) is 2.32. The van der Waals surface area contributed by atoms with E-state index in [-0.39, 0.29) is 0 Å². The Morgan fingerprint density at radius 2 is 2.35 bits per heavy atom. The third-order valence-corrected chi connectivity index (χ3v) is 3.68. The zero-order valence-electron chi connectivity index (χ0n) is 10.7. The van der Waals surface area contributed by atoms with Crippen molar-refractivity contribution in [2.24, 2.45) is 0 Å². The van der Waals surface area contributed by atoms with Crippen LogP contribution in [0.5, 0.6) is 0 Å². The molecule has 0 unspecified atom stereocenters. The Morgan fingerprint density at radius 3 is 3.06 bits per heavy atom. The normalized spacial score (nSPS) is 15.7. The quantitative estimate of drug-likeness (QED) is 0.771. The van der Waals surface area contributed by atoms with Crippen molar-refractivity contribution in [1.82, 2.24) is 10.2 Å². The van der Waals surface area contributed by atoms with Crippen LogP contribution in [0.4, 0.5) is 0 Å². The van der Waals surface area contributed by atoms with Crippen molar-refractivity contribution in [3.05, 3.63) is 23.7 Å². The van der Waals surface area contributed by atoms with E-state index in [0.717, 1.165) is 31.4 Å². The van der Waals surface area contributed by atoms with Crippen LogP contribution in [0.2, 0.25) is 0 Å². The van der Waals surface area contributed by atoms with Gasteiger partial charge in [0.05, 0.1) is 12.8 Å². The summed E-state index contributed by atoms with van der Waals surface area (Å²) in [6.45, 7) is 2.97. The number of furan rings is 1. The summed E-state index contributed by atoms with van der Waals surface area (Å²) < 4.78 is 5.58. The van der Waals surface area contributed by atoms with Gasteiger partial charge in [0, 0.05) is 30.4 Å². The number of rotatable bonds is 8. The molecule has 0 radical (unpaired) electrons. The number of hydrogen-bond donors (Lipinski definition) is 1. The van der Waals surface area contributed by atoms with Crippen LogP contribution in [0.25, 0.3) is 0 Å². The van der Waals surface area contributed by atoms with Gasteiger partial charge in [0.1, 0.15) is 5.76 Å². The molecule has 1 aliphatic rings. The zero-order valence-corrected chi connectivity index (χ0v) is 11.6. The molecule has 0 saturated heterocycles. The van der Waals surface area contributed by atoms with Crippen LogP contribution in [0.15, 0.2) is 16.7 Å². The van der Waals surface area contributed by atoms with E-state index in [4.69, 9.17) is 4.42 Å². The van der Waals surface area contributed by atoms with Crippen molar-refractivity contribution in [2.45, 2.75) is 32.0 Å². The standard InChI is InChI=1S/C13H22N2OS/c1-15(6-8-17-2)10-13-11(5-7-16-13)9-14-12-3-4-12/h5,7,12,14H,3-4,6,8-10H2,1-2H3. The molecule has 0 bridgehead atoms. The van der Waals surface area contributed by atoms with Gasteiger partial charge in [0.15, 0.2) is 0 Å². The lowest BCUT2D eigenvalue weighted by Crippen LogP contribution is -2.22. The summed E-state index contributed by atoms with van der Waals surface area (Å²) in [5.41, 5.74) is 1.31. The van der Waals surface area contributed by atoms with Crippen LogP contribution < -0.4 is 5.32 Å². The van der Waals surface area contributed by atoms with Gasteiger partial charge in [-0.05, 0) is 32.2 Å². The number of nitrogens with zero attached hydrogens (tertiary/aromatic N) is 1. The summed E-state index contributed by atoms with van der Waals surface area (Å²) in [5.74, 6) is 2.29. The smallest absolute Gasteiger partial charge is 0.122 e. The maximum absolute atomic E-state index is 5.58. The molecular weight excluding hydrogens is 232 g/mol. The summed E-state index contributed by atoms with van der Waals surface area (Å²) in [5, 5.41) is 3.53. The van der Waals surface area contributed by atoms with Gasteiger partial charge in [-0.3, -0.25) is 4.90 Å². The third-order valence-electron chi connectivity index (χ3n) is 3.09. The SMILES string of the molecule is CSCCN(C)Cc1occc1CNC1CC1. The zero-order chi connectivity index (χ0) is 12.1. The Balaban J connectivity index is 1.79. The third kappa shape index (κ3) is 4.37. The Kier molecular flexibility index (Phi) is 4.95. The van der Waals surface area contributed by atoms with Gasteiger partial charge in [-0.1, -0.05) is 0 Å². The fourth-order valence-corrected chi connectivity index (χ4v) is 2.27. The van der Waals surface area contributed by atoms with Crippen molar-refractivity contribution >= 4 is 11.8 Å². The molecule has 1 aromatic rings. The first kappa shape index (κ1) is 13.0. The molecule has 0 aliphatic heterocycles. The predicted molar refractivity (Wildman–Crippen MR) is 73.3 cm³/mol. The molecule has 1 N–H and O–H groups in total. The minimum atomic E-state index is 0.756. The highest BCUT2D eigenvalue weighted by atomic mass is 32.2. The summed E-state index contributed by atoms with van der Waals surface area (Å²) in [6, 6.07) is 2.85. The van der Waals surface area contributed by atoms with Gasteiger partial charge in [-0.2, -0.15) is 11.8 Å². The first-order valence-electron chi connectivity index (χ1n) is 6.25. The highest BCUT2D eigenvalue weighted by Crippen LogP contribution is 2.20. The van der Waals surface area contributed by atoms with Gasteiger partial charge in [-0.15, -0.1) is 0 Å². The molecule has 1 heterocycles. The summed E-state index contributed by atoms with van der Waals surface area (Å²) in [6.07, 6.45) is 6.62. The van der Waals surface area contributed by atoms with Gasteiger partial charge >= 0.3 is 0 Å². The van der Waals surface area contributed by atoms with Crippen molar-refractivity contribution in [2.75, 3.05) is 25.6 Å². The molecule has 0 aromatic carbocycles. The average molecular weight is 254 g/mol. The molecular formula is C13H22N2OS.